The molecule has 1 heterocycles. The van der Waals surface area contributed by atoms with Crippen LogP contribution < -0.4 is 5.32 Å². The number of aliphatic hydroxyl groups is 1. The maximum absolute atomic E-state index is 12.5. The van der Waals surface area contributed by atoms with Crippen molar-refractivity contribution in [2.45, 2.75) is 39.2 Å². The molecule has 25 heavy (non-hydrogen) atoms. The highest BCUT2D eigenvalue weighted by Gasteiger charge is 2.23. The average molecular weight is 345 g/mol. The van der Waals surface area contributed by atoms with E-state index in [0.29, 0.717) is 17.7 Å². The third-order valence-corrected chi connectivity index (χ3v) is 4.08. The van der Waals surface area contributed by atoms with Gasteiger partial charge in [-0.1, -0.05) is 13.8 Å². The average Bonchev–Trinajstić information content (AvgIpc) is 2.57. The number of amides is 1. The van der Waals surface area contributed by atoms with Crippen LogP contribution >= 0.6 is 0 Å². The van der Waals surface area contributed by atoms with Crippen molar-refractivity contribution in [2.75, 3.05) is 6.54 Å². The van der Waals surface area contributed by atoms with Crippen molar-refractivity contribution < 1.29 is 14.8 Å². The molecule has 2 rings (SSSR count). The van der Waals surface area contributed by atoms with E-state index in [4.69, 9.17) is 0 Å². The summed E-state index contributed by atoms with van der Waals surface area (Å²) in [6.45, 7) is 5.93. The van der Waals surface area contributed by atoms with Crippen molar-refractivity contribution in [2.24, 2.45) is 5.92 Å². The van der Waals surface area contributed by atoms with Crippen LogP contribution in [0.4, 0.5) is 5.69 Å². The van der Waals surface area contributed by atoms with E-state index in [-0.39, 0.29) is 23.3 Å². The minimum atomic E-state index is -1.01. The summed E-state index contributed by atoms with van der Waals surface area (Å²) in [7, 11) is 0. The van der Waals surface area contributed by atoms with E-state index < -0.39 is 16.4 Å². The second kappa shape index (κ2) is 7.57. The Morgan fingerprint density at radius 3 is 2.76 bits per heavy atom. The number of nitrogens with zero attached hydrogens (tertiary/aromatic N) is 2. The summed E-state index contributed by atoms with van der Waals surface area (Å²) in [6, 6.07) is 5.85. The van der Waals surface area contributed by atoms with Crippen molar-refractivity contribution in [3.8, 4) is 0 Å². The van der Waals surface area contributed by atoms with Crippen molar-refractivity contribution in [3.05, 3.63) is 46.1 Å². The Morgan fingerprint density at radius 2 is 2.12 bits per heavy atom. The topological polar surface area (TPSA) is 105 Å². The molecule has 0 saturated carbocycles. The molecule has 1 amide bonds. The number of fused-ring (bicyclic) bond motifs is 1. The van der Waals surface area contributed by atoms with Crippen LogP contribution in [0.1, 0.15) is 44.0 Å². The van der Waals surface area contributed by atoms with E-state index in [9.17, 15) is 20.0 Å². The fourth-order valence-corrected chi connectivity index (χ4v) is 2.55. The van der Waals surface area contributed by atoms with Crippen LogP contribution in [0.15, 0.2) is 30.5 Å². The molecular weight excluding hydrogens is 322 g/mol. The number of nitro groups is 1. The molecule has 1 aromatic carbocycles. The fourth-order valence-electron chi connectivity index (χ4n) is 2.55. The zero-order chi connectivity index (χ0) is 18.6. The van der Waals surface area contributed by atoms with E-state index in [1.807, 2.05) is 0 Å². The van der Waals surface area contributed by atoms with Crippen LogP contribution in [0.5, 0.6) is 0 Å². The number of benzene rings is 1. The predicted octanol–water partition coefficient (Wildman–Crippen LogP) is 3.06. The second-order valence-corrected chi connectivity index (χ2v) is 6.90. The standard InChI is InChI=1S/C18H23N3O4/c1-12(2)8-9-18(3,23)11-20-17(22)14-6-7-15(21(24)25)13-5-4-10-19-16(13)14/h4-7,10,12,23H,8-9,11H2,1-3H3,(H,20,22). The van der Waals surface area contributed by atoms with E-state index in [1.165, 1.54) is 18.3 Å². The SMILES string of the molecule is CC(C)CCC(C)(O)CNC(=O)c1ccc([N+](=O)[O-])c2cccnc12. The van der Waals surface area contributed by atoms with E-state index in [0.717, 1.165) is 6.42 Å². The zero-order valence-corrected chi connectivity index (χ0v) is 14.7. The highest BCUT2D eigenvalue weighted by molar-refractivity contribution is 6.07. The van der Waals surface area contributed by atoms with Gasteiger partial charge in [0.2, 0.25) is 0 Å². The van der Waals surface area contributed by atoms with Crippen molar-refractivity contribution in [3.63, 3.8) is 0 Å². The Labute approximate surface area is 146 Å². The number of nitro benzene ring substituents is 1. The van der Waals surface area contributed by atoms with Gasteiger partial charge in [-0.15, -0.1) is 0 Å². The molecule has 0 spiro atoms. The monoisotopic (exact) mass is 345 g/mol. The summed E-state index contributed by atoms with van der Waals surface area (Å²) in [6.07, 6.45) is 2.91. The summed E-state index contributed by atoms with van der Waals surface area (Å²) >= 11 is 0. The number of carbonyl (C=O) groups excluding carboxylic acids is 1. The lowest BCUT2D eigenvalue weighted by molar-refractivity contribution is -0.383. The zero-order valence-electron chi connectivity index (χ0n) is 14.7. The number of aromatic nitrogens is 1. The van der Waals surface area contributed by atoms with Gasteiger partial charge in [-0.2, -0.15) is 0 Å². The maximum atomic E-state index is 12.5. The first-order valence-corrected chi connectivity index (χ1v) is 8.24. The second-order valence-electron chi connectivity index (χ2n) is 6.90. The highest BCUT2D eigenvalue weighted by Crippen LogP contribution is 2.26. The van der Waals surface area contributed by atoms with Crippen LogP contribution in [0.3, 0.4) is 0 Å². The first-order valence-electron chi connectivity index (χ1n) is 8.24. The predicted molar refractivity (Wildman–Crippen MR) is 95.4 cm³/mol. The van der Waals surface area contributed by atoms with Crippen LogP contribution in [-0.2, 0) is 0 Å². The third kappa shape index (κ3) is 4.73. The number of hydrogen-bond acceptors (Lipinski definition) is 5. The molecule has 0 aliphatic carbocycles. The molecule has 134 valence electrons. The lowest BCUT2D eigenvalue weighted by Gasteiger charge is -2.24. The van der Waals surface area contributed by atoms with E-state index >= 15 is 0 Å². The maximum Gasteiger partial charge on any atom is 0.278 e. The molecule has 7 nitrogen and oxygen atoms in total. The number of rotatable bonds is 7. The van der Waals surface area contributed by atoms with Gasteiger partial charge < -0.3 is 10.4 Å². The number of hydrogen-bond donors (Lipinski definition) is 2. The summed E-state index contributed by atoms with van der Waals surface area (Å²) in [5, 5.41) is 24.5. The minimum absolute atomic E-state index is 0.0939. The number of nitrogens with one attached hydrogen (secondary N) is 1. The van der Waals surface area contributed by atoms with Crippen molar-refractivity contribution >= 4 is 22.5 Å². The minimum Gasteiger partial charge on any atom is -0.388 e. The lowest BCUT2D eigenvalue weighted by atomic mass is 9.95. The van der Waals surface area contributed by atoms with Crippen LogP contribution in [0.25, 0.3) is 10.9 Å². The molecule has 1 unspecified atom stereocenters. The lowest BCUT2D eigenvalue weighted by Crippen LogP contribution is -2.40. The molecule has 2 N–H and O–H groups in total. The largest absolute Gasteiger partial charge is 0.388 e. The number of pyridine rings is 1. The smallest absolute Gasteiger partial charge is 0.278 e. The Bertz CT molecular complexity index is 787. The van der Waals surface area contributed by atoms with E-state index in [2.05, 4.69) is 24.1 Å². The molecule has 1 aromatic heterocycles. The van der Waals surface area contributed by atoms with Gasteiger partial charge in [-0.25, -0.2) is 0 Å². The van der Waals surface area contributed by atoms with Gasteiger partial charge in [-0.05, 0) is 43.9 Å². The molecule has 0 aliphatic heterocycles. The van der Waals surface area contributed by atoms with Crippen LogP contribution in [0.2, 0.25) is 0 Å². The first kappa shape index (κ1) is 18.8. The van der Waals surface area contributed by atoms with Gasteiger partial charge in [0, 0.05) is 18.8 Å². The molecule has 0 aliphatic rings. The van der Waals surface area contributed by atoms with Gasteiger partial charge in [-0.3, -0.25) is 19.9 Å². The van der Waals surface area contributed by atoms with Gasteiger partial charge in [0.15, 0.2) is 0 Å². The number of carbonyl (C=O) groups is 1. The normalized spacial score (nSPS) is 13.6. The Morgan fingerprint density at radius 1 is 1.40 bits per heavy atom. The molecule has 1 atom stereocenters. The molecule has 2 aromatic rings. The molecule has 7 heteroatoms. The van der Waals surface area contributed by atoms with Gasteiger partial charge >= 0.3 is 0 Å². The fraction of sp³-hybridized carbons (Fsp3) is 0.444. The Hall–Kier alpha value is -2.54. The summed E-state index contributed by atoms with van der Waals surface area (Å²) < 4.78 is 0. The van der Waals surface area contributed by atoms with Crippen LogP contribution in [-0.4, -0.2) is 33.1 Å². The quantitative estimate of drug-likeness (QED) is 0.592. The molecule has 0 bridgehead atoms. The summed E-state index contributed by atoms with van der Waals surface area (Å²) in [5.41, 5.74) is -0.579. The van der Waals surface area contributed by atoms with Crippen LogP contribution in [0, 0.1) is 16.0 Å². The van der Waals surface area contributed by atoms with Gasteiger partial charge in [0.05, 0.1) is 27.0 Å². The first-order chi connectivity index (χ1) is 11.7. The molecule has 0 fully saturated rings. The van der Waals surface area contributed by atoms with Crippen molar-refractivity contribution in [1.29, 1.82) is 0 Å². The van der Waals surface area contributed by atoms with Gasteiger partial charge in [0.25, 0.3) is 11.6 Å². The third-order valence-electron chi connectivity index (χ3n) is 4.08. The Balaban J connectivity index is 2.20. The summed E-state index contributed by atoms with van der Waals surface area (Å²) in [4.78, 5) is 27.2. The van der Waals surface area contributed by atoms with Crippen molar-refractivity contribution in [1.82, 2.24) is 10.3 Å². The van der Waals surface area contributed by atoms with Gasteiger partial charge in [0.1, 0.15) is 0 Å². The highest BCUT2D eigenvalue weighted by atomic mass is 16.6. The molecule has 0 radical (unpaired) electrons. The van der Waals surface area contributed by atoms with E-state index in [1.54, 1.807) is 19.1 Å². The number of non-ortho nitro benzene ring substituents is 1. The summed E-state index contributed by atoms with van der Waals surface area (Å²) in [5.74, 6) is 0.0495. The molecular formula is C18H23N3O4. The Kier molecular flexibility index (Phi) is 5.69. The molecule has 0 saturated heterocycles.